The Morgan fingerprint density at radius 3 is 2.82 bits per heavy atom. The Bertz CT molecular complexity index is 2020. The van der Waals surface area contributed by atoms with Crippen molar-refractivity contribution in [2.24, 2.45) is 0 Å². The molecule has 0 aliphatic carbocycles. The molecule has 2 aromatic carbocycles. The molecule has 0 radical (unpaired) electrons. The first-order valence-electron chi connectivity index (χ1n) is 17.2. The normalized spacial score (nSPS) is 28.0. The van der Waals surface area contributed by atoms with Crippen molar-refractivity contribution in [3.8, 4) is 17.3 Å². The van der Waals surface area contributed by atoms with Gasteiger partial charge in [-0.2, -0.15) is 9.97 Å². The highest BCUT2D eigenvalue weighted by Crippen LogP contribution is 2.41. The molecule has 2 aromatic heterocycles. The van der Waals surface area contributed by atoms with Crippen molar-refractivity contribution in [3.63, 3.8) is 0 Å². The molecular weight excluding hydrogens is 701 g/mol. The SMILES string of the molecule is CC1NSC(/C=C/C(=O)N2C[C@@H](F)[C@H](N(C)c3nc(OC[C@@]45CCCN4C[C@H](F)C5)nc4c(F)c(-c5cccc6cccc(Cl)c56)ncc34)C2)N1. The number of halogens is 4. The molecule has 4 fully saturated rings. The van der Waals surface area contributed by atoms with Crippen LogP contribution in [-0.2, 0) is 4.79 Å². The van der Waals surface area contributed by atoms with Crippen LogP contribution in [0.3, 0.4) is 0 Å². The number of nitrogens with zero attached hydrogens (tertiary/aromatic N) is 6. The first kappa shape index (κ1) is 34.4. The summed E-state index contributed by atoms with van der Waals surface area (Å²) in [5.41, 5.74) is -0.00800. The van der Waals surface area contributed by atoms with E-state index in [1.165, 1.54) is 29.1 Å². The quantitative estimate of drug-likeness (QED) is 0.175. The molecule has 4 aromatic rings. The highest BCUT2D eigenvalue weighted by atomic mass is 35.5. The fourth-order valence-corrected chi connectivity index (χ4v) is 9.12. The lowest BCUT2D eigenvalue weighted by atomic mass is 9.95. The van der Waals surface area contributed by atoms with Crippen LogP contribution in [0.2, 0.25) is 5.02 Å². The van der Waals surface area contributed by atoms with Gasteiger partial charge in [0.25, 0.3) is 0 Å². The van der Waals surface area contributed by atoms with E-state index < -0.39 is 29.7 Å². The van der Waals surface area contributed by atoms with Gasteiger partial charge in [0.2, 0.25) is 5.91 Å². The smallest absolute Gasteiger partial charge is 0.319 e. The second kappa shape index (κ2) is 13.7. The monoisotopic (exact) mass is 738 g/mol. The third-order valence-corrected chi connectivity index (χ3v) is 11.9. The number of anilines is 1. The van der Waals surface area contributed by atoms with Gasteiger partial charge in [-0.05, 0) is 37.8 Å². The van der Waals surface area contributed by atoms with Crippen molar-refractivity contribution in [1.29, 1.82) is 0 Å². The molecule has 4 aliphatic rings. The summed E-state index contributed by atoms with van der Waals surface area (Å²) in [6.07, 6.45) is 4.47. The van der Waals surface area contributed by atoms with Crippen LogP contribution >= 0.6 is 23.5 Å². The third-order valence-electron chi connectivity index (χ3n) is 10.5. The number of likely N-dealkylation sites (N-methyl/N-ethyl adjacent to an activating group) is 1. The van der Waals surface area contributed by atoms with Crippen LogP contribution in [0.1, 0.15) is 26.2 Å². The lowest BCUT2D eigenvalue weighted by Gasteiger charge is -2.31. The van der Waals surface area contributed by atoms with Crippen LogP contribution in [0.15, 0.2) is 54.7 Å². The molecule has 0 spiro atoms. The van der Waals surface area contributed by atoms with Gasteiger partial charge in [-0.1, -0.05) is 60.0 Å². The third kappa shape index (κ3) is 6.39. The minimum Gasteiger partial charge on any atom is -0.461 e. The maximum Gasteiger partial charge on any atom is 0.319 e. The highest BCUT2D eigenvalue weighted by molar-refractivity contribution is 7.98. The van der Waals surface area contributed by atoms with E-state index in [-0.39, 0.29) is 65.6 Å². The van der Waals surface area contributed by atoms with Crippen molar-refractivity contribution >= 4 is 56.9 Å². The summed E-state index contributed by atoms with van der Waals surface area (Å²) in [7, 11) is 1.66. The first-order valence-corrected chi connectivity index (χ1v) is 18.4. The number of ether oxygens (including phenoxy) is 1. The van der Waals surface area contributed by atoms with Gasteiger partial charge in [0.15, 0.2) is 5.82 Å². The molecule has 51 heavy (non-hydrogen) atoms. The minimum atomic E-state index is -1.41. The minimum absolute atomic E-state index is 0.0448. The van der Waals surface area contributed by atoms with Crippen molar-refractivity contribution in [3.05, 3.63) is 65.6 Å². The molecule has 1 amide bonds. The second-order valence-electron chi connectivity index (χ2n) is 13.9. The summed E-state index contributed by atoms with van der Waals surface area (Å²) < 4.78 is 56.6. The van der Waals surface area contributed by atoms with E-state index in [1.807, 2.05) is 31.2 Å². The van der Waals surface area contributed by atoms with E-state index in [9.17, 15) is 9.18 Å². The van der Waals surface area contributed by atoms with E-state index in [0.29, 0.717) is 28.9 Å². The average Bonchev–Trinajstić information content (AvgIpc) is 3.89. The number of amides is 1. The second-order valence-corrected chi connectivity index (χ2v) is 15.2. The zero-order valence-electron chi connectivity index (χ0n) is 28.2. The van der Waals surface area contributed by atoms with Crippen LogP contribution in [0.25, 0.3) is 32.9 Å². The number of nitrogens with one attached hydrogen (secondary N) is 2. The predicted molar refractivity (Wildman–Crippen MR) is 194 cm³/mol. The Labute approximate surface area is 302 Å². The van der Waals surface area contributed by atoms with E-state index in [4.69, 9.17) is 21.3 Å². The molecule has 4 saturated heterocycles. The predicted octanol–water partition coefficient (Wildman–Crippen LogP) is 5.65. The fourth-order valence-electron chi connectivity index (χ4n) is 7.99. The molecule has 6 heterocycles. The maximum atomic E-state index is 16.8. The molecule has 268 valence electrons. The molecule has 10 nitrogen and oxygen atoms in total. The number of carbonyl (C=O) groups is 1. The molecule has 0 saturated carbocycles. The van der Waals surface area contributed by atoms with E-state index in [2.05, 4.69) is 24.9 Å². The van der Waals surface area contributed by atoms with Crippen molar-refractivity contribution in [1.82, 2.24) is 34.8 Å². The Morgan fingerprint density at radius 1 is 1.20 bits per heavy atom. The van der Waals surface area contributed by atoms with Gasteiger partial charge in [0, 0.05) is 54.8 Å². The molecule has 8 rings (SSSR count). The topological polar surface area (TPSA) is 98.8 Å². The Balaban J connectivity index is 1.15. The van der Waals surface area contributed by atoms with Gasteiger partial charge in [-0.15, -0.1) is 0 Å². The molecule has 15 heteroatoms. The van der Waals surface area contributed by atoms with Crippen molar-refractivity contribution < 1.29 is 22.7 Å². The van der Waals surface area contributed by atoms with Crippen LogP contribution < -0.4 is 19.7 Å². The number of pyridine rings is 1. The van der Waals surface area contributed by atoms with Gasteiger partial charge in [-0.25, -0.2) is 17.9 Å². The first-order chi connectivity index (χ1) is 24.6. The van der Waals surface area contributed by atoms with Crippen molar-refractivity contribution in [2.45, 2.75) is 61.6 Å². The average molecular weight is 739 g/mol. The zero-order chi connectivity index (χ0) is 35.4. The lowest BCUT2D eigenvalue weighted by molar-refractivity contribution is -0.125. The van der Waals surface area contributed by atoms with Gasteiger partial charge in [-0.3, -0.25) is 20.0 Å². The molecular formula is C36H38ClF3N8O2S. The number of benzene rings is 2. The number of hydrogen-bond acceptors (Lipinski definition) is 10. The van der Waals surface area contributed by atoms with Crippen LogP contribution in [-0.4, -0.2) is 106 Å². The van der Waals surface area contributed by atoms with Gasteiger partial charge in [0.1, 0.15) is 36.0 Å². The number of likely N-dealkylation sites (tertiary alicyclic amines) is 1. The summed E-state index contributed by atoms with van der Waals surface area (Å²) in [5, 5.41) is 5.38. The number of aromatic nitrogens is 3. The van der Waals surface area contributed by atoms with E-state index >= 15 is 8.78 Å². The molecule has 4 aliphatic heterocycles. The largest absolute Gasteiger partial charge is 0.461 e. The van der Waals surface area contributed by atoms with Crippen LogP contribution in [0.5, 0.6) is 6.01 Å². The van der Waals surface area contributed by atoms with E-state index in [1.54, 1.807) is 30.2 Å². The molecule has 2 unspecified atom stereocenters. The number of carbonyl (C=O) groups excluding carboxylic acids is 1. The molecule has 0 bridgehead atoms. The van der Waals surface area contributed by atoms with Gasteiger partial charge >= 0.3 is 6.01 Å². The van der Waals surface area contributed by atoms with Gasteiger partial charge in [0.05, 0.1) is 35.1 Å². The maximum absolute atomic E-state index is 16.8. The van der Waals surface area contributed by atoms with Crippen molar-refractivity contribution in [2.75, 3.05) is 44.7 Å². The standard InChI is InChI=1S/C36H38ClF3N8O2S/c1-20-42-28(51-45-20)10-11-29(49)47-17-26(39)27(18-47)46(2)34-24-15-41-32(23-8-3-6-21-7-4-9-25(37)30(21)23)31(40)33(24)43-35(44-34)50-19-36-12-5-13-48(36)16-22(38)14-36/h3-4,6-11,15,20,22,26-28,42,45H,5,12-14,16-19H2,1-2H3/b11-10+/t20?,22-,26-,27-,28?,36+/m1/s1. The molecule has 6 atom stereocenters. The summed E-state index contributed by atoms with van der Waals surface area (Å²) in [6, 6.07) is 10.0. The zero-order valence-corrected chi connectivity index (χ0v) is 29.7. The van der Waals surface area contributed by atoms with Crippen LogP contribution in [0.4, 0.5) is 19.0 Å². The van der Waals surface area contributed by atoms with Crippen LogP contribution in [0, 0.1) is 5.82 Å². The Morgan fingerprint density at radius 2 is 2.02 bits per heavy atom. The number of rotatable bonds is 8. The summed E-state index contributed by atoms with van der Waals surface area (Å²) >= 11 is 8.07. The van der Waals surface area contributed by atoms with E-state index in [0.717, 1.165) is 24.8 Å². The number of hydrogen-bond donors (Lipinski definition) is 2. The Hall–Kier alpha value is -3.69. The molecule has 2 N–H and O–H groups in total. The summed E-state index contributed by atoms with van der Waals surface area (Å²) in [4.78, 5) is 32.1. The number of alkyl halides is 2. The summed E-state index contributed by atoms with van der Waals surface area (Å²) in [6.45, 7) is 3.22. The Kier molecular flexibility index (Phi) is 9.24. The highest BCUT2D eigenvalue weighted by Gasteiger charge is 2.49. The van der Waals surface area contributed by atoms with Gasteiger partial charge < -0.3 is 14.5 Å². The number of fused-ring (bicyclic) bond motifs is 3. The lowest BCUT2D eigenvalue weighted by Crippen LogP contribution is -2.43. The fraction of sp³-hybridized carbons (Fsp3) is 0.444. The summed E-state index contributed by atoms with van der Waals surface area (Å²) in [5.74, 6) is -0.801.